The van der Waals surface area contributed by atoms with Gasteiger partial charge in [-0.25, -0.2) is 15.0 Å². The number of aliphatic hydroxyl groups excluding tert-OH is 1. The number of hydrogen-bond donors (Lipinski definition) is 1. The van der Waals surface area contributed by atoms with E-state index in [1.807, 2.05) is 35.5 Å². The zero-order chi connectivity index (χ0) is 28.3. The van der Waals surface area contributed by atoms with E-state index in [0.717, 1.165) is 41.8 Å². The molecule has 41 heavy (non-hydrogen) atoms. The number of pyridine rings is 2. The summed E-state index contributed by atoms with van der Waals surface area (Å²) in [5.74, 6) is 2.52. The zero-order valence-corrected chi connectivity index (χ0v) is 24.4. The summed E-state index contributed by atoms with van der Waals surface area (Å²) in [6.07, 6.45) is 12.6. The fourth-order valence-corrected chi connectivity index (χ4v) is 7.41. The lowest BCUT2D eigenvalue weighted by molar-refractivity contribution is -0.124. The van der Waals surface area contributed by atoms with Crippen LogP contribution in [-0.2, 0) is 4.79 Å². The number of carbonyl (C=O) groups excluding carboxylic acids is 1. The standard InChI is InChI=1S/C32H37N5O3S/c1-40-28-13-12-26(36-27(28)17-33)21-4-2-20(3-5-21)19-37(32(39)23-8-10-25(38)11-9-23)30-16-24(14-15-34-30)29-18-35-31(41-29)22-6-7-22/h12-16,18,20-23,25,38H,2-11,19H2,1H3/t20-,21-,23-,25-. The molecule has 8 nitrogen and oxygen atoms in total. The third-order valence-electron chi connectivity index (χ3n) is 8.98. The second-order valence-electron chi connectivity index (χ2n) is 11.8. The lowest BCUT2D eigenvalue weighted by atomic mass is 9.79. The Morgan fingerprint density at radius 1 is 1.05 bits per heavy atom. The molecule has 3 saturated carbocycles. The van der Waals surface area contributed by atoms with Gasteiger partial charge in [0, 0.05) is 42.4 Å². The van der Waals surface area contributed by atoms with Crippen LogP contribution in [0, 0.1) is 23.2 Å². The van der Waals surface area contributed by atoms with Crippen LogP contribution in [0.3, 0.4) is 0 Å². The minimum Gasteiger partial charge on any atom is -0.494 e. The van der Waals surface area contributed by atoms with Crippen LogP contribution in [0.1, 0.15) is 92.4 Å². The molecule has 3 aliphatic rings. The summed E-state index contributed by atoms with van der Waals surface area (Å²) >= 11 is 1.75. The average molecular weight is 572 g/mol. The van der Waals surface area contributed by atoms with Crippen LogP contribution in [0.15, 0.2) is 36.7 Å². The van der Waals surface area contributed by atoms with E-state index in [4.69, 9.17) is 9.72 Å². The number of methoxy groups -OCH3 is 1. The predicted molar refractivity (Wildman–Crippen MR) is 158 cm³/mol. The summed E-state index contributed by atoms with van der Waals surface area (Å²) in [5.41, 5.74) is 2.33. The molecular weight excluding hydrogens is 534 g/mol. The number of carbonyl (C=O) groups is 1. The summed E-state index contributed by atoms with van der Waals surface area (Å²) in [6, 6.07) is 10.0. The van der Waals surface area contributed by atoms with Gasteiger partial charge in [-0.2, -0.15) is 5.26 Å². The molecule has 0 aromatic carbocycles. The first kappa shape index (κ1) is 27.8. The van der Waals surface area contributed by atoms with E-state index < -0.39 is 0 Å². The van der Waals surface area contributed by atoms with Crippen LogP contribution in [-0.4, -0.2) is 45.7 Å². The molecule has 0 bridgehead atoms. The normalized spacial score (nSPS) is 24.4. The fraction of sp³-hybridized carbons (Fsp3) is 0.531. The molecule has 9 heteroatoms. The zero-order valence-electron chi connectivity index (χ0n) is 23.5. The van der Waals surface area contributed by atoms with Gasteiger partial charge in [0.05, 0.1) is 23.1 Å². The van der Waals surface area contributed by atoms with Gasteiger partial charge in [-0.3, -0.25) is 9.69 Å². The molecular formula is C32H37N5O3S. The Morgan fingerprint density at radius 3 is 2.51 bits per heavy atom. The number of anilines is 1. The first-order chi connectivity index (χ1) is 20.0. The van der Waals surface area contributed by atoms with Gasteiger partial charge in [0.25, 0.3) is 0 Å². The van der Waals surface area contributed by atoms with Crippen molar-refractivity contribution < 1.29 is 14.6 Å². The molecule has 3 aromatic heterocycles. The van der Waals surface area contributed by atoms with Crippen LogP contribution in [0.2, 0.25) is 0 Å². The van der Waals surface area contributed by atoms with E-state index in [0.29, 0.717) is 67.2 Å². The molecule has 0 aliphatic heterocycles. The van der Waals surface area contributed by atoms with Crippen LogP contribution >= 0.6 is 11.3 Å². The maximum atomic E-state index is 14.0. The predicted octanol–water partition coefficient (Wildman–Crippen LogP) is 6.22. The average Bonchev–Trinajstić information content (AvgIpc) is 3.75. The van der Waals surface area contributed by atoms with Crippen molar-refractivity contribution in [1.82, 2.24) is 15.0 Å². The number of amides is 1. The van der Waals surface area contributed by atoms with Crippen molar-refractivity contribution in [3.05, 3.63) is 53.1 Å². The van der Waals surface area contributed by atoms with E-state index in [9.17, 15) is 15.2 Å². The maximum Gasteiger partial charge on any atom is 0.231 e. The lowest BCUT2D eigenvalue weighted by Gasteiger charge is -2.35. The Hall–Kier alpha value is -3.35. The number of aliphatic hydroxyl groups is 1. The fourth-order valence-electron chi connectivity index (χ4n) is 6.33. The second-order valence-corrected chi connectivity index (χ2v) is 12.9. The Morgan fingerprint density at radius 2 is 1.80 bits per heavy atom. The molecule has 0 unspecified atom stereocenters. The monoisotopic (exact) mass is 571 g/mol. The number of rotatable bonds is 8. The molecule has 3 aromatic rings. The van der Waals surface area contributed by atoms with E-state index in [-0.39, 0.29) is 17.9 Å². The van der Waals surface area contributed by atoms with Crippen molar-refractivity contribution in [3.8, 4) is 22.3 Å². The smallest absolute Gasteiger partial charge is 0.231 e. The molecule has 1 amide bonds. The van der Waals surface area contributed by atoms with Crippen molar-refractivity contribution in [1.29, 1.82) is 5.26 Å². The molecule has 3 heterocycles. The summed E-state index contributed by atoms with van der Waals surface area (Å²) in [4.78, 5) is 31.0. The molecule has 0 spiro atoms. The van der Waals surface area contributed by atoms with Crippen LogP contribution in [0.5, 0.6) is 5.75 Å². The molecule has 1 N–H and O–H groups in total. The topological polar surface area (TPSA) is 112 Å². The number of aromatic nitrogens is 3. The SMILES string of the molecule is COc1ccc([C@H]2CC[C@H](CN(c3cc(-c4cnc(C5CC5)s4)ccn3)C(=O)[C@H]3CC[C@H](O)CC3)CC2)nc1C#N. The summed E-state index contributed by atoms with van der Waals surface area (Å²) in [7, 11) is 1.55. The Bertz CT molecular complexity index is 1410. The van der Waals surface area contributed by atoms with Gasteiger partial charge in [0.15, 0.2) is 11.4 Å². The highest BCUT2D eigenvalue weighted by Gasteiger charge is 2.33. The first-order valence-electron chi connectivity index (χ1n) is 14.9. The Labute approximate surface area is 245 Å². The van der Waals surface area contributed by atoms with Gasteiger partial charge >= 0.3 is 0 Å². The highest BCUT2D eigenvalue weighted by atomic mass is 32.1. The van der Waals surface area contributed by atoms with Crippen molar-refractivity contribution in [2.75, 3.05) is 18.6 Å². The number of nitriles is 1. The van der Waals surface area contributed by atoms with Crippen molar-refractivity contribution in [3.63, 3.8) is 0 Å². The van der Waals surface area contributed by atoms with Crippen molar-refractivity contribution in [2.24, 2.45) is 11.8 Å². The van der Waals surface area contributed by atoms with E-state index >= 15 is 0 Å². The molecule has 6 rings (SSSR count). The quantitative estimate of drug-likeness (QED) is 0.342. The maximum absolute atomic E-state index is 14.0. The lowest BCUT2D eigenvalue weighted by Crippen LogP contribution is -2.42. The van der Waals surface area contributed by atoms with Gasteiger partial charge in [-0.1, -0.05) is 0 Å². The van der Waals surface area contributed by atoms with Gasteiger partial charge in [0.2, 0.25) is 5.91 Å². The number of ether oxygens (including phenoxy) is 1. The van der Waals surface area contributed by atoms with E-state index in [1.54, 1.807) is 18.4 Å². The number of thiazole rings is 1. The van der Waals surface area contributed by atoms with Gasteiger partial charge < -0.3 is 9.84 Å². The number of hydrogen-bond acceptors (Lipinski definition) is 8. The molecule has 0 radical (unpaired) electrons. The summed E-state index contributed by atoms with van der Waals surface area (Å²) in [6.45, 7) is 0.635. The van der Waals surface area contributed by atoms with E-state index in [1.165, 1.54) is 17.8 Å². The largest absolute Gasteiger partial charge is 0.494 e. The van der Waals surface area contributed by atoms with Gasteiger partial charge in [-0.05, 0) is 100.0 Å². The molecule has 0 saturated heterocycles. The highest BCUT2D eigenvalue weighted by Crippen LogP contribution is 2.44. The molecule has 3 aliphatic carbocycles. The summed E-state index contributed by atoms with van der Waals surface area (Å²) < 4.78 is 5.27. The third kappa shape index (κ3) is 6.29. The van der Waals surface area contributed by atoms with Crippen LogP contribution in [0.25, 0.3) is 10.4 Å². The molecule has 0 atom stereocenters. The van der Waals surface area contributed by atoms with Crippen LogP contribution < -0.4 is 9.64 Å². The second kappa shape index (κ2) is 12.3. The minimum atomic E-state index is -0.302. The van der Waals surface area contributed by atoms with Crippen LogP contribution in [0.4, 0.5) is 5.82 Å². The Kier molecular flexibility index (Phi) is 8.31. The third-order valence-corrected chi connectivity index (χ3v) is 10.2. The molecule has 3 fully saturated rings. The van der Waals surface area contributed by atoms with Gasteiger partial charge in [-0.15, -0.1) is 11.3 Å². The van der Waals surface area contributed by atoms with Crippen molar-refractivity contribution in [2.45, 2.75) is 82.1 Å². The highest BCUT2D eigenvalue weighted by molar-refractivity contribution is 7.15. The summed E-state index contributed by atoms with van der Waals surface area (Å²) in [5, 5.41) is 20.7. The van der Waals surface area contributed by atoms with Gasteiger partial charge in [0.1, 0.15) is 11.9 Å². The minimum absolute atomic E-state index is 0.0852. The molecule has 214 valence electrons. The Balaban J connectivity index is 1.19. The number of nitrogens with zero attached hydrogens (tertiary/aromatic N) is 5. The first-order valence-corrected chi connectivity index (χ1v) is 15.7. The van der Waals surface area contributed by atoms with E-state index in [2.05, 4.69) is 22.1 Å². The van der Waals surface area contributed by atoms with Crippen molar-refractivity contribution >= 4 is 23.1 Å².